The number of halogens is 1. The molecule has 2 nitrogen and oxygen atoms in total. The fourth-order valence-corrected chi connectivity index (χ4v) is 4.98. The van der Waals surface area contributed by atoms with Crippen LogP contribution in [0, 0.1) is 18.3 Å². The highest BCUT2D eigenvalue weighted by molar-refractivity contribution is 9.10. The van der Waals surface area contributed by atoms with Crippen LogP contribution in [0.4, 0.5) is 0 Å². The molecule has 0 spiro atoms. The number of carbonyl (C=O) groups excluding carboxylic acids is 1. The third kappa shape index (κ3) is 1.86. The number of benzene rings is 1. The van der Waals surface area contributed by atoms with E-state index in [0.717, 1.165) is 16.0 Å². The number of ether oxygens (including phenoxy) is 1. The second-order valence-corrected chi connectivity index (χ2v) is 7.73. The van der Waals surface area contributed by atoms with Gasteiger partial charge in [0, 0.05) is 11.4 Å². The summed E-state index contributed by atoms with van der Waals surface area (Å²) in [5, 5.41) is 0. The zero-order valence-electron chi connectivity index (χ0n) is 12.5. The molecule has 3 atom stereocenters. The maximum absolute atomic E-state index is 11.3. The highest BCUT2D eigenvalue weighted by atomic mass is 79.9. The molecule has 0 aromatic heterocycles. The maximum Gasteiger partial charge on any atom is 0.308 e. The number of aryl methyl sites for hydroxylation is 1. The smallest absolute Gasteiger partial charge is 0.308 e. The minimum atomic E-state index is -0.256. The quantitative estimate of drug-likeness (QED) is 0.574. The second-order valence-electron chi connectivity index (χ2n) is 6.88. The van der Waals surface area contributed by atoms with Gasteiger partial charge in [-0.15, -0.1) is 0 Å². The van der Waals surface area contributed by atoms with Crippen molar-refractivity contribution < 1.29 is 9.53 Å². The van der Waals surface area contributed by atoms with Crippen LogP contribution in [0.3, 0.4) is 0 Å². The average Bonchev–Trinajstić information content (AvgIpc) is 2.95. The lowest BCUT2D eigenvalue weighted by Gasteiger charge is -2.35. The van der Waals surface area contributed by atoms with E-state index in [-0.39, 0.29) is 11.4 Å². The average molecular weight is 337 g/mol. The van der Waals surface area contributed by atoms with Gasteiger partial charge in [-0.3, -0.25) is 4.79 Å². The Morgan fingerprint density at radius 3 is 2.60 bits per heavy atom. The highest BCUT2D eigenvalue weighted by Crippen LogP contribution is 2.72. The van der Waals surface area contributed by atoms with Crippen LogP contribution < -0.4 is 4.74 Å². The predicted molar refractivity (Wildman–Crippen MR) is 83.0 cm³/mol. The van der Waals surface area contributed by atoms with Crippen LogP contribution in [-0.2, 0) is 10.2 Å². The summed E-state index contributed by atoms with van der Waals surface area (Å²) in [6.07, 6.45) is 3.86. The molecule has 3 heteroatoms. The summed E-state index contributed by atoms with van der Waals surface area (Å²) in [5.41, 5.74) is 2.88. The lowest BCUT2D eigenvalue weighted by Crippen LogP contribution is -2.29. The topological polar surface area (TPSA) is 26.3 Å². The molecule has 2 fully saturated rings. The molecular weight excluding hydrogens is 316 g/mol. The van der Waals surface area contributed by atoms with Gasteiger partial charge in [-0.05, 0) is 66.2 Å². The minimum Gasteiger partial charge on any atom is -0.426 e. The summed E-state index contributed by atoms with van der Waals surface area (Å²) in [5.74, 6) is 1.32. The van der Waals surface area contributed by atoms with Crippen molar-refractivity contribution in [3.8, 4) is 5.75 Å². The van der Waals surface area contributed by atoms with Crippen LogP contribution in [0.1, 0.15) is 51.2 Å². The van der Waals surface area contributed by atoms with Crippen molar-refractivity contribution in [2.24, 2.45) is 11.3 Å². The molecule has 0 aliphatic heterocycles. The van der Waals surface area contributed by atoms with Crippen LogP contribution in [-0.4, -0.2) is 5.97 Å². The van der Waals surface area contributed by atoms with Crippen LogP contribution in [0.15, 0.2) is 16.6 Å². The van der Waals surface area contributed by atoms with E-state index in [1.165, 1.54) is 31.7 Å². The van der Waals surface area contributed by atoms with E-state index in [1.54, 1.807) is 0 Å². The van der Waals surface area contributed by atoms with Crippen molar-refractivity contribution in [3.05, 3.63) is 27.7 Å². The van der Waals surface area contributed by atoms with Crippen molar-refractivity contribution in [1.82, 2.24) is 0 Å². The van der Waals surface area contributed by atoms with Gasteiger partial charge in [0.05, 0.1) is 0 Å². The summed E-state index contributed by atoms with van der Waals surface area (Å²) < 4.78 is 6.51. The molecule has 2 saturated carbocycles. The number of hydrogen-bond donors (Lipinski definition) is 0. The van der Waals surface area contributed by atoms with Crippen LogP contribution in [0.5, 0.6) is 5.75 Å². The molecule has 0 N–H and O–H groups in total. The predicted octanol–water partition coefficient (Wildman–Crippen LogP) is 4.76. The van der Waals surface area contributed by atoms with Gasteiger partial charge >= 0.3 is 5.97 Å². The van der Waals surface area contributed by atoms with Gasteiger partial charge in [0.15, 0.2) is 0 Å². The summed E-state index contributed by atoms with van der Waals surface area (Å²) >= 11 is 3.72. The number of carbonyl (C=O) groups is 1. The third-order valence-corrected chi connectivity index (χ3v) is 6.43. The SMILES string of the molecule is CC(=O)Oc1cc([C@]2(C)CC[C@@H]3C[C@@]32C)c(Br)cc1C. The van der Waals surface area contributed by atoms with Gasteiger partial charge in [0.25, 0.3) is 0 Å². The number of fused-ring (bicyclic) bond motifs is 1. The molecule has 0 unspecified atom stereocenters. The Morgan fingerprint density at radius 2 is 2.10 bits per heavy atom. The first kappa shape index (κ1) is 14.1. The molecular formula is C17H21BrO2. The van der Waals surface area contributed by atoms with Crippen molar-refractivity contribution in [2.75, 3.05) is 0 Å². The van der Waals surface area contributed by atoms with E-state index >= 15 is 0 Å². The van der Waals surface area contributed by atoms with Gasteiger partial charge in [-0.25, -0.2) is 0 Å². The molecule has 20 heavy (non-hydrogen) atoms. The van der Waals surface area contributed by atoms with Gasteiger partial charge < -0.3 is 4.74 Å². The first-order valence-corrected chi connectivity index (χ1v) is 8.06. The molecule has 3 rings (SSSR count). The fraction of sp³-hybridized carbons (Fsp3) is 0.588. The van der Waals surface area contributed by atoms with Gasteiger partial charge in [-0.1, -0.05) is 29.8 Å². The van der Waals surface area contributed by atoms with Crippen LogP contribution in [0.2, 0.25) is 0 Å². The number of esters is 1. The van der Waals surface area contributed by atoms with Gasteiger partial charge in [-0.2, -0.15) is 0 Å². The van der Waals surface area contributed by atoms with E-state index in [0.29, 0.717) is 11.2 Å². The first-order valence-electron chi connectivity index (χ1n) is 7.27. The van der Waals surface area contributed by atoms with E-state index < -0.39 is 0 Å². The summed E-state index contributed by atoms with van der Waals surface area (Å²) in [7, 11) is 0. The number of rotatable bonds is 2. The molecule has 0 amide bonds. The third-order valence-electron chi connectivity index (χ3n) is 5.78. The van der Waals surface area contributed by atoms with E-state index in [4.69, 9.17) is 4.74 Å². The molecule has 2 aliphatic carbocycles. The largest absolute Gasteiger partial charge is 0.426 e. The van der Waals surface area contributed by atoms with E-state index in [2.05, 4.69) is 41.9 Å². The van der Waals surface area contributed by atoms with E-state index in [9.17, 15) is 4.79 Å². The number of hydrogen-bond acceptors (Lipinski definition) is 2. The molecule has 1 aromatic carbocycles. The van der Waals surface area contributed by atoms with Crippen molar-refractivity contribution in [1.29, 1.82) is 0 Å². The molecule has 1 aromatic rings. The Labute approximate surface area is 129 Å². The summed E-state index contributed by atoms with van der Waals surface area (Å²) in [6.45, 7) is 8.21. The lowest BCUT2D eigenvalue weighted by atomic mass is 9.70. The Hall–Kier alpha value is -0.830. The van der Waals surface area contributed by atoms with Gasteiger partial charge in [0.2, 0.25) is 0 Å². The summed E-state index contributed by atoms with van der Waals surface area (Å²) in [6, 6.07) is 4.16. The normalized spacial score (nSPS) is 34.8. The van der Waals surface area contributed by atoms with Crippen molar-refractivity contribution in [3.63, 3.8) is 0 Å². The van der Waals surface area contributed by atoms with Gasteiger partial charge in [0.1, 0.15) is 5.75 Å². The zero-order chi connectivity index (χ0) is 14.7. The highest BCUT2D eigenvalue weighted by Gasteiger charge is 2.65. The first-order chi connectivity index (χ1) is 9.28. The second kappa shape index (κ2) is 4.33. The molecule has 108 valence electrons. The van der Waals surface area contributed by atoms with Crippen LogP contribution in [0.25, 0.3) is 0 Å². The van der Waals surface area contributed by atoms with E-state index in [1.807, 2.05) is 6.92 Å². The Kier molecular flexibility index (Phi) is 3.06. The molecule has 0 bridgehead atoms. The minimum absolute atomic E-state index is 0.180. The Bertz CT molecular complexity index is 593. The maximum atomic E-state index is 11.3. The molecule has 0 saturated heterocycles. The summed E-state index contributed by atoms with van der Waals surface area (Å²) in [4.78, 5) is 11.3. The fourth-order valence-electron chi connectivity index (χ4n) is 4.08. The monoisotopic (exact) mass is 336 g/mol. The molecule has 2 aliphatic rings. The molecule has 0 heterocycles. The van der Waals surface area contributed by atoms with Crippen molar-refractivity contribution in [2.45, 2.75) is 52.4 Å². The lowest BCUT2D eigenvalue weighted by molar-refractivity contribution is -0.131. The van der Waals surface area contributed by atoms with Crippen molar-refractivity contribution >= 4 is 21.9 Å². The Balaban J connectivity index is 2.07. The molecule has 0 radical (unpaired) electrons. The Morgan fingerprint density at radius 1 is 1.40 bits per heavy atom. The zero-order valence-corrected chi connectivity index (χ0v) is 14.1. The standard InChI is InChI=1S/C17H21BrO2/c1-10-7-14(18)13(8-15(10)20-11(2)19)16(3)6-5-12-9-17(12,16)4/h7-8,12H,5-6,9H2,1-4H3/t12-,16+,17+/m1/s1. The van der Waals surface area contributed by atoms with Crippen LogP contribution >= 0.6 is 15.9 Å².